The molecule has 33 heavy (non-hydrogen) atoms. The van der Waals surface area contributed by atoms with Gasteiger partial charge in [0.1, 0.15) is 6.61 Å². The van der Waals surface area contributed by atoms with Crippen molar-refractivity contribution in [3.05, 3.63) is 35.9 Å². The van der Waals surface area contributed by atoms with E-state index in [0.29, 0.717) is 39.0 Å². The van der Waals surface area contributed by atoms with Crippen molar-refractivity contribution in [3.63, 3.8) is 0 Å². The first-order valence-corrected chi connectivity index (χ1v) is 13.6. The third kappa shape index (κ3) is 6.89. The summed E-state index contributed by atoms with van der Waals surface area (Å²) in [6.07, 6.45) is 3.15. The van der Waals surface area contributed by atoms with Crippen LogP contribution >= 0.6 is 0 Å². The summed E-state index contributed by atoms with van der Waals surface area (Å²) in [5.74, 6) is 0.723. The van der Waals surface area contributed by atoms with Gasteiger partial charge in [0.2, 0.25) is 0 Å². The highest BCUT2D eigenvalue weighted by atomic mass is 32.2. The number of hydrogen-bond donors (Lipinski definition) is 2. The number of carbonyl (C=O) groups excluding carboxylic acids is 1. The number of nitrogens with one attached hydrogen (secondary N) is 2. The third-order valence-corrected chi connectivity index (χ3v) is 8.98. The molecule has 184 valence electrons. The van der Waals surface area contributed by atoms with Crippen LogP contribution in [-0.4, -0.2) is 93.0 Å². The number of benzene rings is 1. The lowest BCUT2D eigenvalue weighted by atomic mass is 9.97. The standard InChI is InChI=1S/C23H37N5O4S/c29-23(32-19-21-4-2-1-3-5-21)25-22-8-12-27(13-9-22)33(30,31)28-16-14-26(15-17-28)18-20-6-10-24-11-7-20/h1-5,20,22,24H,6-19H2,(H,25,29). The monoisotopic (exact) mass is 479 g/mol. The van der Waals surface area contributed by atoms with E-state index in [4.69, 9.17) is 4.74 Å². The summed E-state index contributed by atoms with van der Waals surface area (Å²) in [6, 6.07) is 9.47. The number of carbonyl (C=O) groups is 1. The fourth-order valence-corrected chi connectivity index (χ4v) is 6.52. The maximum absolute atomic E-state index is 13.1. The Morgan fingerprint density at radius 1 is 0.939 bits per heavy atom. The van der Waals surface area contributed by atoms with Crippen molar-refractivity contribution in [1.29, 1.82) is 0 Å². The Morgan fingerprint density at radius 3 is 2.24 bits per heavy atom. The number of piperazine rings is 1. The molecule has 1 amide bonds. The van der Waals surface area contributed by atoms with Gasteiger partial charge < -0.3 is 20.3 Å². The molecule has 3 fully saturated rings. The van der Waals surface area contributed by atoms with Crippen LogP contribution in [-0.2, 0) is 21.6 Å². The molecule has 3 aliphatic heterocycles. The van der Waals surface area contributed by atoms with Crippen LogP contribution in [0.4, 0.5) is 4.79 Å². The fraction of sp³-hybridized carbons (Fsp3) is 0.696. The zero-order valence-corrected chi connectivity index (χ0v) is 20.1. The van der Waals surface area contributed by atoms with Gasteiger partial charge in [-0.25, -0.2) is 4.79 Å². The van der Waals surface area contributed by atoms with Gasteiger partial charge in [-0.1, -0.05) is 30.3 Å². The smallest absolute Gasteiger partial charge is 0.407 e. The quantitative estimate of drug-likeness (QED) is 0.611. The van der Waals surface area contributed by atoms with E-state index < -0.39 is 16.3 Å². The van der Waals surface area contributed by atoms with Crippen LogP contribution in [0.5, 0.6) is 0 Å². The van der Waals surface area contributed by atoms with E-state index in [2.05, 4.69) is 15.5 Å². The van der Waals surface area contributed by atoms with Crippen molar-refractivity contribution in [1.82, 2.24) is 24.1 Å². The van der Waals surface area contributed by atoms with Gasteiger partial charge in [-0.15, -0.1) is 0 Å². The second-order valence-electron chi connectivity index (χ2n) is 9.28. The fourth-order valence-electron chi connectivity index (χ4n) is 4.90. The van der Waals surface area contributed by atoms with Gasteiger partial charge in [0, 0.05) is 51.9 Å². The van der Waals surface area contributed by atoms with E-state index in [0.717, 1.165) is 44.2 Å². The summed E-state index contributed by atoms with van der Waals surface area (Å²) in [7, 11) is -3.45. The maximum Gasteiger partial charge on any atom is 0.407 e. The van der Waals surface area contributed by atoms with Crippen molar-refractivity contribution >= 4 is 16.3 Å². The minimum atomic E-state index is -3.45. The number of rotatable bonds is 7. The zero-order chi connectivity index (χ0) is 23.1. The molecule has 0 unspecified atom stereocenters. The Hall–Kier alpha value is -1.72. The van der Waals surface area contributed by atoms with Crippen molar-refractivity contribution in [2.75, 3.05) is 58.9 Å². The van der Waals surface area contributed by atoms with Gasteiger partial charge in [-0.2, -0.15) is 17.0 Å². The predicted octanol–water partition coefficient (Wildman–Crippen LogP) is 1.24. The van der Waals surface area contributed by atoms with Crippen LogP contribution in [0.2, 0.25) is 0 Å². The number of piperidine rings is 2. The van der Waals surface area contributed by atoms with Crippen LogP contribution in [0.25, 0.3) is 0 Å². The van der Waals surface area contributed by atoms with E-state index in [1.807, 2.05) is 30.3 Å². The molecule has 2 N–H and O–H groups in total. The molecule has 10 heteroatoms. The van der Waals surface area contributed by atoms with E-state index in [1.165, 1.54) is 12.8 Å². The molecule has 1 aromatic rings. The average molecular weight is 480 g/mol. The zero-order valence-electron chi connectivity index (χ0n) is 19.3. The largest absolute Gasteiger partial charge is 0.445 e. The van der Waals surface area contributed by atoms with E-state index >= 15 is 0 Å². The summed E-state index contributed by atoms with van der Waals surface area (Å²) >= 11 is 0. The number of amides is 1. The summed E-state index contributed by atoms with van der Waals surface area (Å²) in [5.41, 5.74) is 0.935. The number of hydrogen-bond acceptors (Lipinski definition) is 6. The Bertz CT molecular complexity index is 847. The molecule has 0 aliphatic carbocycles. The molecule has 0 saturated carbocycles. The highest BCUT2D eigenvalue weighted by Crippen LogP contribution is 2.20. The van der Waals surface area contributed by atoms with Crippen molar-refractivity contribution < 1.29 is 17.9 Å². The molecular formula is C23H37N5O4S. The van der Waals surface area contributed by atoms with Gasteiger partial charge in [0.05, 0.1) is 0 Å². The molecule has 3 aliphatic rings. The second kappa shape index (κ2) is 11.6. The number of alkyl carbamates (subject to hydrolysis) is 1. The molecular weight excluding hydrogens is 442 g/mol. The SMILES string of the molecule is O=C(NC1CCN(S(=O)(=O)N2CCN(CC3CCNCC3)CC2)CC1)OCc1ccccc1. The van der Waals surface area contributed by atoms with Gasteiger partial charge in [0.15, 0.2) is 0 Å². The highest BCUT2D eigenvalue weighted by Gasteiger charge is 2.35. The topological polar surface area (TPSA) is 94.2 Å². The third-order valence-electron chi connectivity index (χ3n) is 6.95. The lowest BCUT2D eigenvalue weighted by Crippen LogP contribution is -2.56. The lowest BCUT2D eigenvalue weighted by Gasteiger charge is -2.40. The molecule has 0 spiro atoms. The summed E-state index contributed by atoms with van der Waals surface area (Å²) in [5, 5.41) is 6.28. The average Bonchev–Trinajstić information content (AvgIpc) is 2.85. The van der Waals surface area contributed by atoms with Crippen molar-refractivity contribution in [3.8, 4) is 0 Å². The first-order chi connectivity index (χ1) is 16.0. The molecule has 0 atom stereocenters. The van der Waals surface area contributed by atoms with Gasteiger partial charge in [-0.3, -0.25) is 0 Å². The molecule has 0 radical (unpaired) electrons. The summed E-state index contributed by atoms with van der Waals surface area (Å²) in [6.45, 7) is 7.03. The highest BCUT2D eigenvalue weighted by molar-refractivity contribution is 7.86. The van der Waals surface area contributed by atoms with Gasteiger partial charge in [0.25, 0.3) is 10.2 Å². The van der Waals surface area contributed by atoms with E-state index in [-0.39, 0.29) is 12.6 Å². The minimum Gasteiger partial charge on any atom is -0.445 e. The summed E-state index contributed by atoms with van der Waals surface area (Å²) in [4.78, 5) is 14.5. The maximum atomic E-state index is 13.1. The van der Waals surface area contributed by atoms with Crippen LogP contribution in [0.1, 0.15) is 31.2 Å². The first-order valence-electron chi connectivity index (χ1n) is 12.2. The van der Waals surface area contributed by atoms with Crippen molar-refractivity contribution in [2.24, 2.45) is 5.92 Å². The summed E-state index contributed by atoms with van der Waals surface area (Å²) < 4.78 is 34.8. The molecule has 0 aromatic heterocycles. The Labute approximate surface area is 197 Å². The number of nitrogens with zero attached hydrogens (tertiary/aromatic N) is 3. The van der Waals surface area contributed by atoms with Crippen LogP contribution in [0.3, 0.4) is 0 Å². The normalized spacial score (nSPS) is 22.8. The van der Waals surface area contributed by atoms with Gasteiger partial charge in [-0.05, 0) is 50.3 Å². The Balaban J connectivity index is 1.17. The molecule has 1 aromatic carbocycles. The van der Waals surface area contributed by atoms with Crippen LogP contribution in [0, 0.1) is 5.92 Å². The molecule has 9 nitrogen and oxygen atoms in total. The van der Waals surface area contributed by atoms with Crippen LogP contribution < -0.4 is 10.6 Å². The molecule has 0 bridgehead atoms. The molecule has 4 rings (SSSR count). The minimum absolute atomic E-state index is 0.0680. The Kier molecular flexibility index (Phi) is 8.59. The van der Waals surface area contributed by atoms with Gasteiger partial charge >= 0.3 is 6.09 Å². The lowest BCUT2D eigenvalue weighted by molar-refractivity contribution is 0.130. The first kappa shape index (κ1) is 24.4. The second-order valence-corrected chi connectivity index (χ2v) is 11.2. The number of ether oxygens (including phenoxy) is 1. The van der Waals surface area contributed by atoms with Crippen molar-refractivity contribution in [2.45, 2.75) is 38.3 Å². The van der Waals surface area contributed by atoms with Crippen LogP contribution in [0.15, 0.2) is 30.3 Å². The Morgan fingerprint density at radius 2 is 1.58 bits per heavy atom. The molecule has 3 heterocycles. The molecule has 3 saturated heterocycles. The van der Waals surface area contributed by atoms with E-state index in [1.54, 1.807) is 8.61 Å². The predicted molar refractivity (Wildman–Crippen MR) is 127 cm³/mol. The van der Waals surface area contributed by atoms with E-state index in [9.17, 15) is 13.2 Å².